The van der Waals surface area contributed by atoms with Crippen LogP contribution >= 0.6 is 0 Å². The van der Waals surface area contributed by atoms with E-state index in [1.54, 1.807) is 6.07 Å². The number of aliphatic hydroxyl groups is 1. The molecule has 0 unspecified atom stereocenters. The van der Waals surface area contributed by atoms with Crippen molar-refractivity contribution in [3.63, 3.8) is 0 Å². The fourth-order valence-electron chi connectivity index (χ4n) is 1.30. The van der Waals surface area contributed by atoms with Crippen LogP contribution in [0.2, 0.25) is 0 Å². The Morgan fingerprint density at radius 2 is 2.11 bits per heavy atom. The summed E-state index contributed by atoms with van der Waals surface area (Å²) in [6.07, 6.45) is 0. The molecule has 0 aliphatic rings. The van der Waals surface area contributed by atoms with Crippen molar-refractivity contribution >= 4 is 11.5 Å². The molecule has 108 valence electrons. The topological polar surface area (TPSA) is 80.4 Å². The van der Waals surface area contributed by atoms with Crippen LogP contribution in [0.4, 0.5) is 11.5 Å². The zero-order chi connectivity index (χ0) is 14.5. The molecule has 0 atom stereocenters. The van der Waals surface area contributed by atoms with Gasteiger partial charge in [-0.2, -0.15) is 4.98 Å². The highest BCUT2D eigenvalue weighted by Crippen LogP contribution is 2.22. The molecule has 1 aromatic heterocycles. The summed E-state index contributed by atoms with van der Waals surface area (Å²) >= 11 is 0. The van der Waals surface area contributed by atoms with Gasteiger partial charge in [-0.15, -0.1) is 0 Å². The van der Waals surface area contributed by atoms with Crippen LogP contribution in [0.15, 0.2) is 12.1 Å². The van der Waals surface area contributed by atoms with Crippen LogP contribution in [0.3, 0.4) is 0 Å². The molecule has 5 heteroatoms. The summed E-state index contributed by atoms with van der Waals surface area (Å²) in [5.41, 5.74) is 6.17. The van der Waals surface area contributed by atoms with Crippen molar-refractivity contribution < 1.29 is 9.84 Å². The summed E-state index contributed by atoms with van der Waals surface area (Å²) in [6.45, 7) is 9.43. The van der Waals surface area contributed by atoms with Gasteiger partial charge in [-0.05, 0) is 18.1 Å². The monoisotopic (exact) mass is 267 g/mol. The van der Waals surface area contributed by atoms with E-state index in [9.17, 15) is 5.11 Å². The van der Waals surface area contributed by atoms with Gasteiger partial charge < -0.3 is 20.9 Å². The molecular formula is C14H25N3O2. The highest BCUT2D eigenvalue weighted by molar-refractivity contribution is 5.53. The number of hydrogen-bond acceptors (Lipinski definition) is 5. The van der Waals surface area contributed by atoms with E-state index in [2.05, 4.69) is 24.1 Å². The molecule has 1 aromatic rings. The molecule has 5 nitrogen and oxygen atoms in total. The highest BCUT2D eigenvalue weighted by atomic mass is 16.5. The lowest BCUT2D eigenvalue weighted by atomic mass is 9.95. The maximum Gasteiger partial charge on any atom is 0.239 e. The van der Waals surface area contributed by atoms with Crippen LogP contribution in [-0.4, -0.2) is 29.8 Å². The third-order valence-corrected chi connectivity index (χ3v) is 2.62. The first-order valence-electron chi connectivity index (χ1n) is 6.58. The smallest absolute Gasteiger partial charge is 0.239 e. The molecular weight excluding hydrogens is 242 g/mol. The molecule has 0 saturated heterocycles. The Hall–Kier alpha value is -1.49. The van der Waals surface area contributed by atoms with Crippen molar-refractivity contribution in [2.75, 3.05) is 30.8 Å². The minimum atomic E-state index is -0.192. The second-order valence-corrected chi connectivity index (χ2v) is 5.97. The molecule has 0 radical (unpaired) electrons. The van der Waals surface area contributed by atoms with Gasteiger partial charge in [-0.25, -0.2) is 0 Å². The second kappa shape index (κ2) is 6.61. The second-order valence-electron chi connectivity index (χ2n) is 5.97. The SMILES string of the molecule is CC(C)COc1nc(NCC(C)(C)CO)ccc1N. The first-order valence-corrected chi connectivity index (χ1v) is 6.58. The third-order valence-electron chi connectivity index (χ3n) is 2.62. The maximum absolute atomic E-state index is 9.21. The van der Waals surface area contributed by atoms with E-state index < -0.39 is 0 Å². The van der Waals surface area contributed by atoms with E-state index in [1.807, 2.05) is 19.9 Å². The van der Waals surface area contributed by atoms with Crippen LogP contribution < -0.4 is 15.8 Å². The van der Waals surface area contributed by atoms with E-state index in [0.29, 0.717) is 36.5 Å². The summed E-state index contributed by atoms with van der Waals surface area (Å²) in [5.74, 6) is 1.58. The fourth-order valence-corrected chi connectivity index (χ4v) is 1.30. The minimum absolute atomic E-state index is 0.117. The van der Waals surface area contributed by atoms with Crippen molar-refractivity contribution in [2.24, 2.45) is 11.3 Å². The van der Waals surface area contributed by atoms with Gasteiger partial charge in [-0.3, -0.25) is 0 Å². The minimum Gasteiger partial charge on any atom is -0.476 e. The molecule has 0 aromatic carbocycles. The van der Waals surface area contributed by atoms with E-state index in [0.717, 1.165) is 0 Å². The molecule has 0 bridgehead atoms. The summed E-state index contributed by atoms with van der Waals surface area (Å²) in [4.78, 5) is 4.34. The Labute approximate surface area is 115 Å². The highest BCUT2D eigenvalue weighted by Gasteiger charge is 2.16. The van der Waals surface area contributed by atoms with E-state index in [1.165, 1.54) is 0 Å². The van der Waals surface area contributed by atoms with Gasteiger partial charge in [0.1, 0.15) is 5.82 Å². The molecule has 19 heavy (non-hydrogen) atoms. The molecule has 4 N–H and O–H groups in total. The standard InChI is InChI=1S/C14H25N3O2/c1-10(2)7-19-13-11(15)5-6-12(17-13)16-8-14(3,4)9-18/h5-6,10,18H,7-9,15H2,1-4H3,(H,16,17). The van der Waals surface area contributed by atoms with Crippen LogP contribution in [0.1, 0.15) is 27.7 Å². The molecule has 0 amide bonds. The number of hydrogen-bond donors (Lipinski definition) is 3. The number of pyridine rings is 1. The third kappa shape index (κ3) is 5.34. The molecule has 1 heterocycles. The van der Waals surface area contributed by atoms with Gasteiger partial charge in [0.25, 0.3) is 0 Å². The number of aromatic nitrogens is 1. The van der Waals surface area contributed by atoms with Gasteiger partial charge in [0.05, 0.1) is 12.3 Å². The van der Waals surface area contributed by atoms with Crippen LogP contribution in [0, 0.1) is 11.3 Å². The Kier molecular flexibility index (Phi) is 5.42. The molecule has 0 spiro atoms. The van der Waals surface area contributed by atoms with Crippen molar-refractivity contribution in [2.45, 2.75) is 27.7 Å². The van der Waals surface area contributed by atoms with E-state index >= 15 is 0 Å². The van der Waals surface area contributed by atoms with Gasteiger partial charge in [0, 0.05) is 18.6 Å². The molecule has 0 saturated carbocycles. The lowest BCUT2D eigenvalue weighted by Gasteiger charge is -2.22. The quantitative estimate of drug-likeness (QED) is 0.705. The number of anilines is 2. The Balaban J connectivity index is 2.67. The van der Waals surface area contributed by atoms with Gasteiger partial charge >= 0.3 is 0 Å². The maximum atomic E-state index is 9.21. The lowest BCUT2D eigenvalue weighted by Crippen LogP contribution is -2.27. The van der Waals surface area contributed by atoms with Crippen molar-refractivity contribution in [1.82, 2.24) is 4.98 Å². The Morgan fingerprint density at radius 1 is 1.42 bits per heavy atom. The fraction of sp³-hybridized carbons (Fsp3) is 0.643. The predicted molar refractivity (Wildman–Crippen MR) is 78.3 cm³/mol. The van der Waals surface area contributed by atoms with Crippen LogP contribution in [-0.2, 0) is 0 Å². The average molecular weight is 267 g/mol. The van der Waals surface area contributed by atoms with Crippen molar-refractivity contribution in [3.05, 3.63) is 12.1 Å². The van der Waals surface area contributed by atoms with Crippen LogP contribution in [0.25, 0.3) is 0 Å². The number of nitrogens with zero attached hydrogens (tertiary/aromatic N) is 1. The van der Waals surface area contributed by atoms with Gasteiger partial charge in [-0.1, -0.05) is 27.7 Å². The van der Waals surface area contributed by atoms with Crippen molar-refractivity contribution in [3.8, 4) is 5.88 Å². The average Bonchev–Trinajstić information content (AvgIpc) is 2.36. The van der Waals surface area contributed by atoms with E-state index in [4.69, 9.17) is 10.5 Å². The molecule has 0 fully saturated rings. The number of aliphatic hydroxyl groups excluding tert-OH is 1. The summed E-state index contributed by atoms with van der Waals surface area (Å²) in [5, 5.41) is 12.4. The Morgan fingerprint density at radius 3 is 2.68 bits per heavy atom. The van der Waals surface area contributed by atoms with Gasteiger partial charge in [0.15, 0.2) is 0 Å². The summed E-state index contributed by atoms with van der Waals surface area (Å²) < 4.78 is 5.57. The number of ether oxygens (including phenoxy) is 1. The molecule has 1 rings (SSSR count). The van der Waals surface area contributed by atoms with Crippen molar-refractivity contribution in [1.29, 1.82) is 0 Å². The number of nitrogens with one attached hydrogen (secondary N) is 1. The Bertz CT molecular complexity index is 406. The predicted octanol–water partition coefficient (Wildman–Crippen LogP) is 2.13. The lowest BCUT2D eigenvalue weighted by molar-refractivity contribution is 0.170. The number of rotatable bonds is 7. The number of nitrogens with two attached hydrogens (primary N) is 1. The van der Waals surface area contributed by atoms with Gasteiger partial charge in [0.2, 0.25) is 5.88 Å². The van der Waals surface area contributed by atoms with Crippen LogP contribution in [0.5, 0.6) is 5.88 Å². The first-order chi connectivity index (χ1) is 8.84. The zero-order valence-electron chi connectivity index (χ0n) is 12.2. The summed E-state index contributed by atoms with van der Waals surface area (Å²) in [6, 6.07) is 3.59. The molecule has 0 aliphatic heterocycles. The summed E-state index contributed by atoms with van der Waals surface area (Å²) in [7, 11) is 0. The first kappa shape index (κ1) is 15.6. The van der Waals surface area contributed by atoms with E-state index in [-0.39, 0.29) is 12.0 Å². The molecule has 0 aliphatic carbocycles. The number of nitrogen functional groups attached to an aromatic ring is 1. The largest absolute Gasteiger partial charge is 0.476 e. The normalized spacial score (nSPS) is 11.7. The zero-order valence-corrected chi connectivity index (χ0v) is 12.2.